The van der Waals surface area contributed by atoms with Crippen LogP contribution in [0.5, 0.6) is 0 Å². The third kappa shape index (κ3) is 5.75. The molecular weight excluding hydrogens is 428 g/mol. The van der Waals surface area contributed by atoms with Gasteiger partial charge in [-0.2, -0.15) is 12.7 Å². The second-order valence-corrected chi connectivity index (χ2v) is 13.8. The summed E-state index contributed by atoms with van der Waals surface area (Å²) in [5, 5.41) is 0. The number of aryl methyl sites for hydroxylation is 2. The van der Waals surface area contributed by atoms with Crippen molar-refractivity contribution in [1.82, 2.24) is 4.31 Å². The Morgan fingerprint density at radius 1 is 0.931 bits per heavy atom. The Morgan fingerprint density at radius 3 is 1.97 bits per heavy atom. The number of nitrogens with zero attached hydrogens (tertiary/aromatic N) is 1. The molecule has 0 heterocycles. The molecule has 0 aliphatic heterocycles. The Labute approximate surface area is 178 Å². The molecule has 2 aromatic rings. The van der Waals surface area contributed by atoms with Gasteiger partial charge < -0.3 is 0 Å². The fraction of sp³-hybridized carbons (Fsp3) is 0.400. The normalized spacial score (nSPS) is 13.0. The van der Waals surface area contributed by atoms with E-state index in [9.17, 15) is 16.8 Å². The molecule has 0 radical (unpaired) electrons. The minimum Gasteiger partial charge on any atom is -0.271 e. The summed E-state index contributed by atoms with van der Waals surface area (Å²) < 4.78 is 54.1. The molecule has 0 amide bonds. The highest BCUT2D eigenvalue weighted by atomic mass is 33.1. The number of nitrogens with one attached hydrogen (secondary N) is 1. The van der Waals surface area contributed by atoms with Gasteiger partial charge in [-0.1, -0.05) is 38.5 Å². The summed E-state index contributed by atoms with van der Waals surface area (Å²) >= 11 is 0. The van der Waals surface area contributed by atoms with E-state index >= 15 is 0 Å². The lowest BCUT2D eigenvalue weighted by Crippen LogP contribution is -2.29. The number of benzene rings is 2. The predicted octanol–water partition coefficient (Wildman–Crippen LogP) is 4.30. The molecule has 1 N–H and O–H groups in total. The predicted molar refractivity (Wildman–Crippen MR) is 120 cm³/mol. The summed E-state index contributed by atoms with van der Waals surface area (Å²) in [7, 11) is -3.61. The molecule has 9 heteroatoms. The molecule has 0 spiro atoms. The zero-order chi connectivity index (χ0) is 22.2. The Hall–Kier alpha value is -1.55. The second kappa shape index (κ2) is 8.29. The van der Waals surface area contributed by atoms with Gasteiger partial charge in [0.25, 0.3) is 0 Å². The maximum Gasteiger partial charge on any atom is 0.301 e. The van der Waals surface area contributed by atoms with Gasteiger partial charge in [-0.3, -0.25) is 4.72 Å². The molecule has 0 unspecified atom stereocenters. The van der Waals surface area contributed by atoms with Gasteiger partial charge >= 0.3 is 10.2 Å². The summed E-state index contributed by atoms with van der Waals surface area (Å²) in [6.45, 7) is 9.54. The van der Waals surface area contributed by atoms with Gasteiger partial charge in [-0.15, -0.1) is 0 Å². The van der Waals surface area contributed by atoms with Gasteiger partial charge in [0.1, 0.15) is 0 Å². The molecule has 0 aliphatic rings. The zero-order valence-corrected chi connectivity index (χ0v) is 20.2. The van der Waals surface area contributed by atoms with E-state index in [1.54, 1.807) is 43.3 Å². The first-order chi connectivity index (χ1) is 13.1. The summed E-state index contributed by atoms with van der Waals surface area (Å²) in [5.74, 6) is 0. The number of rotatable bonds is 6. The smallest absolute Gasteiger partial charge is 0.271 e. The van der Waals surface area contributed by atoms with Crippen LogP contribution in [0.2, 0.25) is 0 Å². The van der Waals surface area contributed by atoms with Crippen LogP contribution in [0.25, 0.3) is 0 Å². The SMILES string of the molecule is Cc1ccc(S(=O)(=O)Sc2cc(C)c(NS(=O)(=O)N(C)C)cc2C(C)(C)C)cc1. The Morgan fingerprint density at radius 2 is 1.48 bits per heavy atom. The molecule has 0 atom stereocenters. The molecule has 160 valence electrons. The lowest BCUT2D eigenvalue weighted by molar-refractivity contribution is 0.526. The van der Waals surface area contributed by atoms with E-state index in [1.807, 2.05) is 27.7 Å². The highest BCUT2D eigenvalue weighted by Gasteiger charge is 2.26. The van der Waals surface area contributed by atoms with Gasteiger partial charge in [-0.05, 0) is 54.7 Å². The largest absolute Gasteiger partial charge is 0.301 e. The molecule has 0 fully saturated rings. The lowest BCUT2D eigenvalue weighted by Gasteiger charge is -2.25. The van der Waals surface area contributed by atoms with Crippen molar-refractivity contribution in [2.45, 2.75) is 49.8 Å². The van der Waals surface area contributed by atoms with Crippen LogP contribution in [-0.4, -0.2) is 35.2 Å². The molecule has 0 bridgehead atoms. The fourth-order valence-corrected chi connectivity index (χ4v) is 6.45. The van der Waals surface area contributed by atoms with E-state index in [1.165, 1.54) is 14.1 Å². The third-order valence-corrected chi connectivity index (χ3v) is 9.16. The molecule has 2 aromatic carbocycles. The van der Waals surface area contributed by atoms with E-state index in [0.717, 1.165) is 26.2 Å². The molecule has 2 rings (SSSR count). The molecule has 0 saturated carbocycles. The van der Waals surface area contributed by atoms with Crippen molar-refractivity contribution in [2.75, 3.05) is 18.8 Å². The van der Waals surface area contributed by atoms with Crippen LogP contribution in [-0.2, 0) is 24.5 Å². The van der Waals surface area contributed by atoms with E-state index < -0.39 is 24.5 Å². The fourth-order valence-electron chi connectivity index (χ4n) is 2.55. The molecule has 0 saturated heterocycles. The summed E-state index contributed by atoms with van der Waals surface area (Å²) in [5.41, 5.74) is 2.42. The highest BCUT2D eigenvalue weighted by molar-refractivity contribution is 8.72. The van der Waals surface area contributed by atoms with Crippen LogP contribution in [0.3, 0.4) is 0 Å². The van der Waals surface area contributed by atoms with Crippen molar-refractivity contribution < 1.29 is 16.8 Å². The number of hydrogen-bond acceptors (Lipinski definition) is 5. The standard InChI is InChI=1S/C20H28N2O4S3/c1-14-8-10-16(11-9-14)28(23,24)27-19-12-15(2)18(13-17(19)20(3,4)5)21-29(25,26)22(6)7/h8-13,21H,1-7H3. The summed E-state index contributed by atoms with van der Waals surface area (Å²) in [4.78, 5) is 0.825. The lowest BCUT2D eigenvalue weighted by atomic mass is 9.86. The molecule has 6 nitrogen and oxygen atoms in total. The minimum atomic E-state index is -3.67. The maximum absolute atomic E-state index is 13.0. The topological polar surface area (TPSA) is 83.5 Å². The van der Waals surface area contributed by atoms with Crippen molar-refractivity contribution in [3.05, 3.63) is 53.1 Å². The molecule has 0 aromatic heterocycles. The number of anilines is 1. The van der Waals surface area contributed by atoms with Gasteiger partial charge in [0.2, 0.25) is 8.87 Å². The highest BCUT2D eigenvalue weighted by Crippen LogP contribution is 2.40. The first kappa shape index (κ1) is 23.7. The first-order valence-corrected chi connectivity index (χ1v) is 13.3. The van der Waals surface area contributed by atoms with E-state index in [2.05, 4.69) is 4.72 Å². The maximum atomic E-state index is 13.0. The monoisotopic (exact) mass is 456 g/mol. The quantitative estimate of drug-likeness (QED) is 0.655. The van der Waals surface area contributed by atoms with E-state index in [0.29, 0.717) is 16.1 Å². The Kier molecular flexibility index (Phi) is 6.79. The van der Waals surface area contributed by atoms with Crippen molar-refractivity contribution in [2.24, 2.45) is 0 Å². The van der Waals surface area contributed by atoms with Crippen molar-refractivity contribution in [1.29, 1.82) is 0 Å². The zero-order valence-electron chi connectivity index (χ0n) is 17.8. The Bertz CT molecular complexity index is 1100. The van der Waals surface area contributed by atoms with E-state index in [-0.39, 0.29) is 4.90 Å². The van der Waals surface area contributed by atoms with Crippen molar-refractivity contribution in [3.63, 3.8) is 0 Å². The van der Waals surface area contributed by atoms with Crippen LogP contribution in [0.1, 0.15) is 37.5 Å². The molecule has 29 heavy (non-hydrogen) atoms. The van der Waals surface area contributed by atoms with Crippen LogP contribution in [0.15, 0.2) is 46.2 Å². The van der Waals surface area contributed by atoms with Crippen LogP contribution in [0.4, 0.5) is 5.69 Å². The van der Waals surface area contributed by atoms with Crippen LogP contribution < -0.4 is 4.72 Å². The number of hydrogen-bond donors (Lipinski definition) is 1. The van der Waals surface area contributed by atoms with Gasteiger partial charge in [0, 0.05) is 29.8 Å². The van der Waals surface area contributed by atoms with Crippen molar-refractivity contribution >= 4 is 35.6 Å². The van der Waals surface area contributed by atoms with Crippen LogP contribution in [0, 0.1) is 13.8 Å². The van der Waals surface area contributed by atoms with Gasteiger partial charge in [0.15, 0.2) is 0 Å². The second-order valence-electron chi connectivity index (χ2n) is 8.15. The summed E-state index contributed by atoms with van der Waals surface area (Å²) in [6.07, 6.45) is 0. The molecule has 0 aliphatic carbocycles. The minimum absolute atomic E-state index is 0.239. The Balaban J connectivity index is 2.55. The van der Waals surface area contributed by atoms with Crippen molar-refractivity contribution in [3.8, 4) is 0 Å². The van der Waals surface area contributed by atoms with Gasteiger partial charge in [0.05, 0.1) is 10.6 Å². The third-order valence-electron chi connectivity index (χ3n) is 4.36. The average molecular weight is 457 g/mol. The van der Waals surface area contributed by atoms with Crippen LogP contribution >= 0.6 is 10.8 Å². The average Bonchev–Trinajstić information content (AvgIpc) is 2.56. The molecular formula is C20H28N2O4S3. The summed E-state index contributed by atoms with van der Waals surface area (Å²) in [6, 6.07) is 10.2. The van der Waals surface area contributed by atoms with E-state index in [4.69, 9.17) is 0 Å². The van der Waals surface area contributed by atoms with Gasteiger partial charge in [-0.25, -0.2) is 8.42 Å². The first-order valence-electron chi connectivity index (χ1n) is 9.00.